The van der Waals surface area contributed by atoms with Crippen LogP contribution in [0.1, 0.15) is 36.8 Å². The van der Waals surface area contributed by atoms with Gasteiger partial charge in [-0.05, 0) is 49.9 Å². The van der Waals surface area contributed by atoms with Gasteiger partial charge in [0.1, 0.15) is 5.41 Å². The number of amidine groups is 1. The topological polar surface area (TPSA) is 87.7 Å². The fourth-order valence-electron chi connectivity index (χ4n) is 2.97. The number of carbonyl (C=O) groups excluding carboxylic acids is 1. The molecule has 1 fully saturated rings. The van der Waals surface area contributed by atoms with Crippen LogP contribution < -0.4 is 11.1 Å². The second-order valence-electron chi connectivity index (χ2n) is 5.60. The lowest BCUT2D eigenvalue weighted by Crippen LogP contribution is -2.45. The van der Waals surface area contributed by atoms with Gasteiger partial charge in [0.2, 0.25) is 5.91 Å². The number of rotatable bonds is 3. The van der Waals surface area contributed by atoms with Crippen molar-refractivity contribution in [1.82, 2.24) is 0 Å². The van der Waals surface area contributed by atoms with Gasteiger partial charge in [0.15, 0.2) is 5.84 Å². The minimum atomic E-state index is -0.869. The molecule has 0 saturated heterocycles. The van der Waals surface area contributed by atoms with E-state index in [1.54, 1.807) is 0 Å². The van der Waals surface area contributed by atoms with Crippen molar-refractivity contribution in [3.8, 4) is 0 Å². The molecule has 0 radical (unpaired) electrons. The molecule has 1 aliphatic rings. The minimum absolute atomic E-state index is 0.0110. The summed E-state index contributed by atoms with van der Waals surface area (Å²) in [5.74, 6) is -0.174. The summed E-state index contributed by atoms with van der Waals surface area (Å²) in [6, 6.07) is 5.88. The van der Waals surface area contributed by atoms with Crippen molar-refractivity contribution in [2.45, 2.75) is 39.5 Å². The Kier molecular flexibility index (Phi) is 3.97. The van der Waals surface area contributed by atoms with Gasteiger partial charge < -0.3 is 16.3 Å². The van der Waals surface area contributed by atoms with Gasteiger partial charge in [-0.25, -0.2) is 0 Å². The summed E-state index contributed by atoms with van der Waals surface area (Å²) in [5.41, 5.74) is 7.83. The summed E-state index contributed by atoms with van der Waals surface area (Å²) in [7, 11) is 0. The minimum Gasteiger partial charge on any atom is -0.409 e. The van der Waals surface area contributed by atoms with Crippen LogP contribution >= 0.6 is 0 Å². The quantitative estimate of drug-likeness (QED) is 0.343. The van der Waals surface area contributed by atoms with E-state index >= 15 is 0 Å². The average molecular weight is 275 g/mol. The molecule has 5 heteroatoms. The highest BCUT2D eigenvalue weighted by atomic mass is 16.4. The Labute approximate surface area is 118 Å². The summed E-state index contributed by atoms with van der Waals surface area (Å²) >= 11 is 0. The van der Waals surface area contributed by atoms with E-state index in [9.17, 15) is 4.79 Å². The number of amides is 1. The Morgan fingerprint density at radius 2 is 1.80 bits per heavy atom. The molecule has 1 saturated carbocycles. The Bertz CT molecular complexity index is 526. The van der Waals surface area contributed by atoms with Gasteiger partial charge in [-0.1, -0.05) is 24.1 Å². The van der Waals surface area contributed by atoms with Crippen molar-refractivity contribution in [3.63, 3.8) is 0 Å². The number of hydrogen-bond acceptors (Lipinski definition) is 3. The Balaban J connectivity index is 2.25. The summed E-state index contributed by atoms with van der Waals surface area (Å²) in [6.45, 7) is 3.97. The van der Waals surface area contributed by atoms with Crippen LogP contribution in [0.2, 0.25) is 0 Å². The number of benzene rings is 1. The van der Waals surface area contributed by atoms with Crippen LogP contribution in [-0.2, 0) is 4.79 Å². The first-order valence-electron chi connectivity index (χ1n) is 6.86. The molecule has 2 rings (SSSR count). The molecule has 0 bridgehead atoms. The third-order valence-electron chi connectivity index (χ3n) is 3.97. The number of nitrogens with one attached hydrogen (secondary N) is 1. The molecule has 0 heterocycles. The van der Waals surface area contributed by atoms with E-state index < -0.39 is 5.41 Å². The van der Waals surface area contributed by atoms with Gasteiger partial charge in [-0.2, -0.15) is 0 Å². The van der Waals surface area contributed by atoms with Gasteiger partial charge in [-0.15, -0.1) is 0 Å². The number of oxime groups is 1. The molecule has 4 N–H and O–H groups in total. The summed E-state index contributed by atoms with van der Waals surface area (Å²) < 4.78 is 0. The van der Waals surface area contributed by atoms with Crippen molar-refractivity contribution in [3.05, 3.63) is 29.3 Å². The van der Waals surface area contributed by atoms with E-state index in [1.807, 2.05) is 32.0 Å². The molecule has 0 unspecified atom stereocenters. The summed E-state index contributed by atoms with van der Waals surface area (Å²) in [4.78, 5) is 12.6. The molecule has 5 nitrogen and oxygen atoms in total. The molecular weight excluding hydrogens is 254 g/mol. The van der Waals surface area contributed by atoms with Crippen molar-refractivity contribution in [2.75, 3.05) is 5.32 Å². The van der Waals surface area contributed by atoms with Gasteiger partial charge in [0.05, 0.1) is 0 Å². The average Bonchev–Trinajstić information content (AvgIpc) is 2.87. The maximum absolute atomic E-state index is 12.6. The van der Waals surface area contributed by atoms with Crippen LogP contribution in [0.4, 0.5) is 5.69 Å². The number of hydrogen-bond donors (Lipinski definition) is 3. The SMILES string of the molecule is Cc1cc(C)cc(NC(=O)C2(C(N)=NO)CCCC2)c1. The maximum Gasteiger partial charge on any atom is 0.238 e. The Morgan fingerprint density at radius 1 is 1.25 bits per heavy atom. The highest BCUT2D eigenvalue weighted by Crippen LogP contribution is 2.39. The van der Waals surface area contributed by atoms with Crippen LogP contribution in [0, 0.1) is 19.3 Å². The first-order chi connectivity index (χ1) is 9.48. The lowest BCUT2D eigenvalue weighted by Gasteiger charge is -2.26. The lowest BCUT2D eigenvalue weighted by atomic mass is 9.83. The number of aryl methyl sites for hydroxylation is 2. The Morgan fingerprint density at radius 3 is 2.30 bits per heavy atom. The highest BCUT2D eigenvalue weighted by molar-refractivity contribution is 6.12. The third-order valence-corrected chi connectivity index (χ3v) is 3.97. The largest absolute Gasteiger partial charge is 0.409 e. The standard InChI is InChI=1S/C15H21N3O2/c1-10-7-11(2)9-12(8-10)17-14(19)15(13(16)18-20)5-3-4-6-15/h7-9,20H,3-6H2,1-2H3,(H2,16,18)(H,17,19). The van der Waals surface area contributed by atoms with Crippen LogP contribution in [0.3, 0.4) is 0 Å². The van der Waals surface area contributed by atoms with E-state index in [4.69, 9.17) is 10.9 Å². The number of anilines is 1. The second-order valence-corrected chi connectivity index (χ2v) is 5.60. The number of carbonyl (C=O) groups is 1. The fourth-order valence-corrected chi connectivity index (χ4v) is 2.97. The molecular formula is C15H21N3O2. The van der Waals surface area contributed by atoms with Gasteiger partial charge in [0, 0.05) is 5.69 Å². The third kappa shape index (κ3) is 2.61. The zero-order valence-corrected chi connectivity index (χ0v) is 11.9. The van der Waals surface area contributed by atoms with Crippen molar-refractivity contribution in [1.29, 1.82) is 0 Å². The molecule has 20 heavy (non-hydrogen) atoms. The van der Waals surface area contributed by atoms with Crippen molar-refractivity contribution < 1.29 is 10.0 Å². The smallest absolute Gasteiger partial charge is 0.238 e. The van der Waals surface area contributed by atoms with E-state index in [2.05, 4.69) is 10.5 Å². The molecule has 1 aromatic carbocycles. The van der Waals surface area contributed by atoms with Gasteiger partial charge in [-0.3, -0.25) is 4.79 Å². The fraction of sp³-hybridized carbons (Fsp3) is 0.467. The summed E-state index contributed by atoms with van der Waals surface area (Å²) in [6.07, 6.45) is 3.08. The molecule has 1 amide bonds. The number of nitrogens with zero attached hydrogens (tertiary/aromatic N) is 1. The van der Waals surface area contributed by atoms with E-state index in [1.165, 1.54) is 0 Å². The van der Waals surface area contributed by atoms with Crippen LogP contribution in [-0.4, -0.2) is 17.0 Å². The first kappa shape index (κ1) is 14.4. The Hall–Kier alpha value is -2.04. The van der Waals surface area contributed by atoms with E-state index in [0.717, 1.165) is 29.7 Å². The predicted molar refractivity (Wildman–Crippen MR) is 78.9 cm³/mol. The molecule has 0 atom stereocenters. The monoisotopic (exact) mass is 275 g/mol. The zero-order chi connectivity index (χ0) is 14.8. The van der Waals surface area contributed by atoms with Crippen LogP contribution in [0.5, 0.6) is 0 Å². The molecule has 0 aromatic heterocycles. The molecule has 0 aliphatic heterocycles. The van der Waals surface area contributed by atoms with E-state index in [-0.39, 0.29) is 11.7 Å². The normalized spacial score (nSPS) is 18.0. The van der Waals surface area contributed by atoms with Crippen LogP contribution in [0.25, 0.3) is 0 Å². The molecule has 1 aliphatic carbocycles. The zero-order valence-electron chi connectivity index (χ0n) is 11.9. The van der Waals surface area contributed by atoms with Gasteiger partial charge in [0.25, 0.3) is 0 Å². The first-order valence-corrected chi connectivity index (χ1v) is 6.86. The van der Waals surface area contributed by atoms with Gasteiger partial charge >= 0.3 is 0 Å². The van der Waals surface area contributed by atoms with Crippen molar-refractivity contribution >= 4 is 17.4 Å². The summed E-state index contributed by atoms with van der Waals surface area (Å²) in [5, 5.41) is 14.9. The lowest BCUT2D eigenvalue weighted by molar-refractivity contribution is -0.122. The number of nitrogens with two attached hydrogens (primary N) is 1. The van der Waals surface area contributed by atoms with Crippen LogP contribution in [0.15, 0.2) is 23.4 Å². The maximum atomic E-state index is 12.6. The molecule has 108 valence electrons. The molecule has 0 spiro atoms. The highest BCUT2D eigenvalue weighted by Gasteiger charge is 2.45. The van der Waals surface area contributed by atoms with Crippen molar-refractivity contribution in [2.24, 2.45) is 16.3 Å². The molecule has 1 aromatic rings. The second kappa shape index (κ2) is 5.53. The van der Waals surface area contributed by atoms with E-state index in [0.29, 0.717) is 12.8 Å². The predicted octanol–water partition coefficient (Wildman–Crippen LogP) is 2.55.